The van der Waals surface area contributed by atoms with Gasteiger partial charge in [-0.25, -0.2) is 0 Å². The van der Waals surface area contributed by atoms with Gasteiger partial charge >= 0.3 is 6.18 Å². The highest BCUT2D eigenvalue weighted by Gasteiger charge is 2.33. The molecule has 1 aromatic rings. The van der Waals surface area contributed by atoms with Gasteiger partial charge in [0.05, 0.1) is 5.56 Å². The lowest BCUT2D eigenvalue weighted by Gasteiger charge is -2.30. The topological polar surface area (TPSA) is 26.0 Å². The number of nitrogens with two attached hydrogens (primary N) is 1. The minimum absolute atomic E-state index is 0.228. The molecule has 0 saturated heterocycles. The molecule has 2 N–H and O–H groups in total. The monoisotopic (exact) mass is 313 g/mol. The first kappa shape index (κ1) is 17.3. The quantitative estimate of drug-likeness (QED) is 0.794. The van der Waals surface area contributed by atoms with E-state index in [9.17, 15) is 13.2 Å². The Morgan fingerprint density at radius 3 is 1.95 bits per heavy atom. The maximum absolute atomic E-state index is 13.2. The molecular weight excluding hydrogens is 287 g/mol. The van der Waals surface area contributed by atoms with Crippen molar-refractivity contribution in [3.8, 4) is 0 Å². The molecule has 22 heavy (non-hydrogen) atoms. The summed E-state index contributed by atoms with van der Waals surface area (Å²) < 4.78 is 39.6. The summed E-state index contributed by atoms with van der Waals surface area (Å²) in [4.78, 5) is 0. The number of hydrogen-bond donors (Lipinski definition) is 1. The molecule has 0 amide bonds. The fraction of sp³-hybridized carbons (Fsp3) is 0.667. The number of alkyl halides is 3. The zero-order chi connectivity index (χ0) is 16.5. The smallest absolute Gasteiger partial charge is 0.330 e. The standard InChI is InChI=1S/C18H26F3N/c1-17(2,3)15-8-14(9-16(10-15)18(19,20)21)13-6-4-12(11-22)5-7-13/h8-10,12-13H,4-7,11,22H2,1-3H3. The second kappa shape index (κ2) is 6.23. The average Bonchev–Trinajstić information content (AvgIpc) is 2.45. The van der Waals surface area contributed by atoms with Crippen molar-refractivity contribution in [3.63, 3.8) is 0 Å². The third-order valence-electron chi connectivity index (χ3n) is 4.80. The van der Waals surface area contributed by atoms with Crippen LogP contribution in [0.4, 0.5) is 13.2 Å². The molecule has 0 radical (unpaired) electrons. The van der Waals surface area contributed by atoms with E-state index >= 15 is 0 Å². The highest BCUT2D eigenvalue weighted by molar-refractivity contribution is 5.37. The van der Waals surface area contributed by atoms with Crippen LogP contribution in [0.25, 0.3) is 0 Å². The third-order valence-corrected chi connectivity index (χ3v) is 4.80. The molecule has 1 aromatic carbocycles. The predicted octanol–water partition coefficient (Wildman–Crippen LogP) is 5.24. The van der Waals surface area contributed by atoms with Crippen LogP contribution in [0.5, 0.6) is 0 Å². The largest absolute Gasteiger partial charge is 0.416 e. The summed E-state index contributed by atoms with van der Waals surface area (Å²) >= 11 is 0. The van der Waals surface area contributed by atoms with Crippen molar-refractivity contribution in [2.24, 2.45) is 11.7 Å². The first-order valence-electron chi connectivity index (χ1n) is 8.04. The van der Waals surface area contributed by atoms with Crippen LogP contribution in [0, 0.1) is 5.92 Å². The SMILES string of the molecule is CC(C)(C)c1cc(C2CCC(CN)CC2)cc(C(F)(F)F)c1. The minimum Gasteiger partial charge on any atom is -0.330 e. The summed E-state index contributed by atoms with van der Waals surface area (Å²) in [6.07, 6.45) is -0.380. The highest BCUT2D eigenvalue weighted by Crippen LogP contribution is 2.40. The maximum Gasteiger partial charge on any atom is 0.416 e. The molecule has 0 aliphatic heterocycles. The Balaban J connectivity index is 2.35. The van der Waals surface area contributed by atoms with Crippen LogP contribution in [0.15, 0.2) is 18.2 Å². The lowest BCUT2D eigenvalue weighted by molar-refractivity contribution is -0.137. The van der Waals surface area contributed by atoms with Crippen LogP contribution in [0.1, 0.15) is 69.1 Å². The summed E-state index contributed by atoms with van der Waals surface area (Å²) in [6.45, 7) is 6.55. The van der Waals surface area contributed by atoms with E-state index in [2.05, 4.69) is 0 Å². The lowest BCUT2D eigenvalue weighted by Crippen LogP contribution is -2.21. The minimum atomic E-state index is -4.29. The van der Waals surface area contributed by atoms with Gasteiger partial charge < -0.3 is 5.73 Å². The van der Waals surface area contributed by atoms with Crippen LogP contribution in [-0.2, 0) is 11.6 Å². The summed E-state index contributed by atoms with van der Waals surface area (Å²) in [6, 6.07) is 4.63. The zero-order valence-corrected chi connectivity index (χ0v) is 13.6. The third kappa shape index (κ3) is 4.03. The van der Waals surface area contributed by atoms with E-state index in [1.54, 1.807) is 0 Å². The van der Waals surface area contributed by atoms with Gasteiger partial charge in [-0.2, -0.15) is 13.2 Å². The van der Waals surface area contributed by atoms with Crippen molar-refractivity contribution in [1.82, 2.24) is 0 Å². The van der Waals surface area contributed by atoms with Crippen molar-refractivity contribution in [1.29, 1.82) is 0 Å². The van der Waals surface area contributed by atoms with E-state index in [1.165, 1.54) is 12.1 Å². The Morgan fingerprint density at radius 1 is 0.955 bits per heavy atom. The summed E-state index contributed by atoms with van der Waals surface area (Å²) in [5, 5.41) is 0. The number of hydrogen-bond acceptors (Lipinski definition) is 1. The van der Waals surface area contributed by atoms with Crippen molar-refractivity contribution >= 4 is 0 Å². The number of rotatable bonds is 2. The van der Waals surface area contributed by atoms with Crippen molar-refractivity contribution in [3.05, 3.63) is 34.9 Å². The molecule has 1 aliphatic rings. The van der Waals surface area contributed by atoms with Crippen molar-refractivity contribution < 1.29 is 13.2 Å². The van der Waals surface area contributed by atoms with Gasteiger partial charge in [0.1, 0.15) is 0 Å². The molecule has 124 valence electrons. The first-order chi connectivity index (χ1) is 10.1. The molecule has 0 bridgehead atoms. The number of halogens is 3. The molecular formula is C18H26F3N. The van der Waals surface area contributed by atoms with Gasteiger partial charge in [-0.15, -0.1) is 0 Å². The Kier molecular flexibility index (Phi) is 4.90. The lowest BCUT2D eigenvalue weighted by atomic mass is 9.76. The second-order valence-corrected chi connectivity index (χ2v) is 7.54. The van der Waals surface area contributed by atoms with E-state index in [0.717, 1.165) is 36.8 Å². The Morgan fingerprint density at radius 2 is 1.50 bits per heavy atom. The molecule has 1 fully saturated rings. The summed E-state index contributed by atoms with van der Waals surface area (Å²) in [7, 11) is 0. The maximum atomic E-state index is 13.2. The van der Waals surface area contributed by atoms with Gasteiger partial charge in [0.2, 0.25) is 0 Å². The van der Waals surface area contributed by atoms with Crippen LogP contribution < -0.4 is 5.73 Å². The molecule has 1 saturated carbocycles. The summed E-state index contributed by atoms with van der Waals surface area (Å²) in [5.74, 6) is 0.760. The number of benzene rings is 1. The fourth-order valence-electron chi connectivity index (χ4n) is 3.22. The van der Waals surface area contributed by atoms with E-state index in [-0.39, 0.29) is 11.3 Å². The average molecular weight is 313 g/mol. The molecule has 1 nitrogen and oxygen atoms in total. The highest BCUT2D eigenvalue weighted by atomic mass is 19.4. The summed E-state index contributed by atoms with van der Waals surface area (Å²) in [5.41, 5.74) is 6.50. The van der Waals surface area contributed by atoms with Gasteiger partial charge in [-0.05, 0) is 72.7 Å². The Bertz CT molecular complexity index is 474. The van der Waals surface area contributed by atoms with Crippen LogP contribution in [0.2, 0.25) is 0 Å². The normalized spacial score (nSPS) is 23.6. The van der Waals surface area contributed by atoms with Gasteiger partial charge in [0.15, 0.2) is 0 Å². The molecule has 1 aliphatic carbocycles. The van der Waals surface area contributed by atoms with E-state index in [4.69, 9.17) is 5.73 Å². The van der Waals surface area contributed by atoms with Crippen molar-refractivity contribution in [2.45, 2.75) is 64.0 Å². The van der Waals surface area contributed by atoms with Gasteiger partial charge in [0.25, 0.3) is 0 Å². The van der Waals surface area contributed by atoms with Crippen LogP contribution in [-0.4, -0.2) is 6.54 Å². The van der Waals surface area contributed by atoms with Gasteiger partial charge in [-0.3, -0.25) is 0 Å². The van der Waals surface area contributed by atoms with E-state index < -0.39 is 11.7 Å². The predicted molar refractivity (Wildman–Crippen MR) is 83.9 cm³/mol. The molecule has 0 heterocycles. The second-order valence-electron chi connectivity index (χ2n) is 7.54. The molecule has 4 heteroatoms. The van der Waals surface area contributed by atoms with E-state index in [0.29, 0.717) is 12.5 Å². The van der Waals surface area contributed by atoms with Gasteiger partial charge in [-0.1, -0.05) is 26.8 Å². The molecule has 0 aromatic heterocycles. The fourth-order valence-corrected chi connectivity index (χ4v) is 3.22. The van der Waals surface area contributed by atoms with Gasteiger partial charge in [0, 0.05) is 0 Å². The Hall–Kier alpha value is -1.03. The van der Waals surface area contributed by atoms with Crippen LogP contribution >= 0.6 is 0 Å². The Labute approximate surface area is 131 Å². The molecule has 0 unspecified atom stereocenters. The molecule has 2 rings (SSSR count). The molecule has 0 atom stereocenters. The van der Waals surface area contributed by atoms with E-state index in [1.807, 2.05) is 26.8 Å². The zero-order valence-electron chi connectivity index (χ0n) is 13.6. The molecule has 0 spiro atoms. The van der Waals surface area contributed by atoms with Crippen LogP contribution in [0.3, 0.4) is 0 Å². The van der Waals surface area contributed by atoms with Crippen molar-refractivity contribution in [2.75, 3.05) is 6.54 Å². The first-order valence-corrected chi connectivity index (χ1v) is 8.04.